The van der Waals surface area contributed by atoms with Crippen molar-refractivity contribution in [3.05, 3.63) is 68.0 Å². The maximum absolute atomic E-state index is 13.0. The molecule has 0 saturated carbocycles. The first-order valence-electron chi connectivity index (χ1n) is 5.21. The summed E-state index contributed by atoms with van der Waals surface area (Å²) >= 11 is 0. The van der Waals surface area contributed by atoms with Crippen LogP contribution in [0.2, 0.25) is 0 Å². The molecule has 0 fully saturated rings. The van der Waals surface area contributed by atoms with Crippen LogP contribution in [0.1, 0.15) is 11.1 Å². The lowest BCUT2D eigenvalue weighted by Crippen LogP contribution is -2.31. The molecule has 0 amide bonds. The number of H-pyrrole nitrogens is 1. The highest BCUT2D eigenvalue weighted by atomic mass is 19.1. The van der Waals surface area contributed by atoms with Gasteiger partial charge in [0.15, 0.2) is 0 Å². The third kappa shape index (κ3) is 2.53. The van der Waals surface area contributed by atoms with E-state index in [4.69, 9.17) is 0 Å². The van der Waals surface area contributed by atoms with Crippen LogP contribution in [-0.4, -0.2) is 9.55 Å². The first-order chi connectivity index (χ1) is 8.45. The molecule has 0 spiro atoms. The summed E-state index contributed by atoms with van der Waals surface area (Å²) < 4.78 is 27.2. The monoisotopic (exact) mass is 252 g/mol. The molecule has 4 nitrogen and oxygen atoms in total. The van der Waals surface area contributed by atoms with Gasteiger partial charge in [0.1, 0.15) is 11.6 Å². The summed E-state index contributed by atoms with van der Waals surface area (Å²) in [6, 6.07) is 3.02. The van der Waals surface area contributed by atoms with Gasteiger partial charge in [-0.15, -0.1) is 0 Å². The molecule has 0 atom stereocenters. The Labute approximate surface area is 101 Å². The molecular weight excluding hydrogens is 242 g/mol. The zero-order valence-corrected chi connectivity index (χ0v) is 9.54. The molecule has 0 radical (unpaired) electrons. The van der Waals surface area contributed by atoms with Crippen LogP contribution in [0.4, 0.5) is 8.78 Å². The van der Waals surface area contributed by atoms with Crippen molar-refractivity contribution < 1.29 is 8.78 Å². The summed E-state index contributed by atoms with van der Waals surface area (Å²) in [6.07, 6.45) is 1.35. The topological polar surface area (TPSA) is 54.9 Å². The van der Waals surface area contributed by atoms with Gasteiger partial charge in [0.05, 0.1) is 6.54 Å². The van der Waals surface area contributed by atoms with Crippen molar-refractivity contribution in [2.75, 3.05) is 0 Å². The molecule has 2 aromatic rings. The van der Waals surface area contributed by atoms with Crippen LogP contribution >= 0.6 is 0 Å². The van der Waals surface area contributed by atoms with E-state index in [0.717, 1.165) is 18.2 Å². The molecule has 18 heavy (non-hydrogen) atoms. The second kappa shape index (κ2) is 4.56. The highest BCUT2D eigenvalue weighted by Crippen LogP contribution is 2.08. The molecule has 1 heterocycles. The second-order valence-electron chi connectivity index (χ2n) is 3.98. The van der Waals surface area contributed by atoms with Crippen LogP contribution in [0.15, 0.2) is 34.0 Å². The smallest absolute Gasteiger partial charge is 0.296 e. The Morgan fingerprint density at radius 3 is 2.39 bits per heavy atom. The van der Waals surface area contributed by atoms with Gasteiger partial charge in [0.25, 0.3) is 5.56 Å². The van der Waals surface area contributed by atoms with Crippen molar-refractivity contribution in [3.8, 4) is 0 Å². The van der Waals surface area contributed by atoms with Crippen molar-refractivity contribution in [1.29, 1.82) is 0 Å². The zero-order chi connectivity index (χ0) is 13.3. The fraction of sp³-hybridized carbons (Fsp3) is 0.167. The highest BCUT2D eigenvalue weighted by Gasteiger charge is 2.04. The fourth-order valence-electron chi connectivity index (χ4n) is 1.63. The van der Waals surface area contributed by atoms with Crippen molar-refractivity contribution in [3.63, 3.8) is 0 Å². The molecule has 1 aromatic carbocycles. The Morgan fingerprint density at radius 2 is 1.78 bits per heavy atom. The number of rotatable bonds is 2. The maximum atomic E-state index is 13.0. The van der Waals surface area contributed by atoms with Gasteiger partial charge in [0, 0.05) is 17.8 Å². The molecule has 1 N–H and O–H groups in total. The fourth-order valence-corrected chi connectivity index (χ4v) is 1.63. The standard InChI is InChI=1S/C12H10F2N2O2/c1-7-5-16(12(18)15-11(7)17)6-8-2-9(13)4-10(14)3-8/h2-5H,6H2,1H3,(H,15,17,18). The number of aromatic nitrogens is 2. The number of nitrogens with one attached hydrogen (secondary N) is 1. The minimum atomic E-state index is -0.709. The molecule has 0 unspecified atom stereocenters. The number of halogens is 2. The number of aromatic amines is 1. The molecular formula is C12H10F2N2O2. The normalized spacial score (nSPS) is 10.6. The summed E-state index contributed by atoms with van der Waals surface area (Å²) in [5.41, 5.74) is -0.426. The molecule has 0 saturated heterocycles. The number of nitrogens with zero attached hydrogens (tertiary/aromatic N) is 1. The van der Waals surface area contributed by atoms with E-state index in [9.17, 15) is 18.4 Å². The molecule has 94 valence electrons. The van der Waals surface area contributed by atoms with E-state index in [2.05, 4.69) is 4.98 Å². The van der Waals surface area contributed by atoms with E-state index in [0.29, 0.717) is 11.1 Å². The Balaban J connectivity index is 2.43. The summed E-state index contributed by atoms with van der Waals surface area (Å²) in [7, 11) is 0. The summed E-state index contributed by atoms with van der Waals surface area (Å²) in [6.45, 7) is 1.53. The lowest BCUT2D eigenvalue weighted by Gasteiger charge is -2.06. The lowest BCUT2D eigenvalue weighted by molar-refractivity contribution is 0.576. The Bertz CT molecular complexity index is 684. The minimum absolute atomic E-state index is 0.00880. The SMILES string of the molecule is Cc1cn(Cc2cc(F)cc(F)c2)c(=O)[nH]c1=O. The zero-order valence-electron chi connectivity index (χ0n) is 9.54. The van der Waals surface area contributed by atoms with Crippen LogP contribution in [0, 0.1) is 18.6 Å². The van der Waals surface area contributed by atoms with E-state index < -0.39 is 22.9 Å². The van der Waals surface area contributed by atoms with Crippen LogP contribution in [0.25, 0.3) is 0 Å². The number of benzene rings is 1. The highest BCUT2D eigenvalue weighted by molar-refractivity contribution is 5.18. The predicted molar refractivity (Wildman–Crippen MR) is 61.5 cm³/mol. The molecule has 1 aromatic heterocycles. The van der Waals surface area contributed by atoms with Gasteiger partial charge < -0.3 is 0 Å². The Morgan fingerprint density at radius 1 is 1.17 bits per heavy atom. The van der Waals surface area contributed by atoms with E-state index in [1.165, 1.54) is 10.8 Å². The van der Waals surface area contributed by atoms with Gasteiger partial charge in [-0.2, -0.15) is 0 Å². The molecule has 0 aliphatic carbocycles. The Hall–Kier alpha value is -2.24. The lowest BCUT2D eigenvalue weighted by atomic mass is 10.2. The number of hydrogen-bond donors (Lipinski definition) is 1. The van der Waals surface area contributed by atoms with Crippen molar-refractivity contribution in [2.24, 2.45) is 0 Å². The van der Waals surface area contributed by atoms with E-state index in [1.807, 2.05) is 0 Å². The predicted octanol–water partition coefficient (Wildman–Crippen LogP) is 1.17. The van der Waals surface area contributed by atoms with E-state index in [-0.39, 0.29) is 6.54 Å². The molecule has 0 aliphatic heterocycles. The molecule has 0 aliphatic rings. The van der Waals surface area contributed by atoms with Gasteiger partial charge in [-0.05, 0) is 24.6 Å². The minimum Gasteiger partial charge on any atom is -0.296 e. The first kappa shape index (κ1) is 12.2. The van der Waals surface area contributed by atoms with E-state index in [1.54, 1.807) is 6.92 Å². The van der Waals surface area contributed by atoms with Crippen molar-refractivity contribution in [1.82, 2.24) is 9.55 Å². The van der Waals surface area contributed by atoms with Gasteiger partial charge in [-0.25, -0.2) is 13.6 Å². The van der Waals surface area contributed by atoms with Gasteiger partial charge in [0.2, 0.25) is 0 Å². The third-order valence-corrected chi connectivity index (χ3v) is 2.46. The Kier molecular flexibility index (Phi) is 3.10. The number of aryl methyl sites for hydroxylation is 1. The third-order valence-electron chi connectivity index (χ3n) is 2.46. The van der Waals surface area contributed by atoms with Crippen LogP contribution in [-0.2, 0) is 6.54 Å². The largest absolute Gasteiger partial charge is 0.328 e. The molecule has 0 bridgehead atoms. The second-order valence-corrected chi connectivity index (χ2v) is 3.98. The van der Waals surface area contributed by atoms with Crippen molar-refractivity contribution >= 4 is 0 Å². The quantitative estimate of drug-likeness (QED) is 0.872. The van der Waals surface area contributed by atoms with Gasteiger partial charge in [-0.3, -0.25) is 14.3 Å². The van der Waals surface area contributed by atoms with Crippen molar-refractivity contribution in [2.45, 2.75) is 13.5 Å². The van der Waals surface area contributed by atoms with Gasteiger partial charge in [-0.1, -0.05) is 0 Å². The first-order valence-corrected chi connectivity index (χ1v) is 5.21. The van der Waals surface area contributed by atoms with Crippen LogP contribution < -0.4 is 11.2 Å². The van der Waals surface area contributed by atoms with Crippen LogP contribution in [0.3, 0.4) is 0 Å². The van der Waals surface area contributed by atoms with E-state index >= 15 is 0 Å². The summed E-state index contributed by atoms with van der Waals surface area (Å²) in [5, 5.41) is 0. The number of hydrogen-bond acceptors (Lipinski definition) is 2. The maximum Gasteiger partial charge on any atom is 0.328 e. The summed E-state index contributed by atoms with van der Waals surface area (Å²) in [5.74, 6) is -1.42. The average Bonchev–Trinajstić information content (AvgIpc) is 2.24. The van der Waals surface area contributed by atoms with Crippen LogP contribution in [0.5, 0.6) is 0 Å². The summed E-state index contributed by atoms with van der Waals surface area (Å²) in [4.78, 5) is 24.8. The van der Waals surface area contributed by atoms with Gasteiger partial charge >= 0.3 is 5.69 Å². The molecule has 6 heteroatoms. The average molecular weight is 252 g/mol. The molecule has 2 rings (SSSR count).